The third-order valence-electron chi connectivity index (χ3n) is 5.26. The second-order valence-electron chi connectivity index (χ2n) is 7.31. The molecule has 0 aliphatic carbocycles. The summed E-state index contributed by atoms with van der Waals surface area (Å²) in [6.45, 7) is 2.62. The highest BCUT2D eigenvalue weighted by atomic mass is 16.5. The first-order valence-electron chi connectivity index (χ1n) is 10.3. The van der Waals surface area contributed by atoms with E-state index in [1.54, 1.807) is 0 Å². The molecule has 0 radical (unpaired) electrons. The molecule has 1 N–H and O–H groups in total. The predicted molar refractivity (Wildman–Crippen MR) is 112 cm³/mol. The zero-order chi connectivity index (χ0) is 19.9. The lowest BCUT2D eigenvalue weighted by molar-refractivity contribution is -0.133. The van der Waals surface area contributed by atoms with Gasteiger partial charge in [-0.2, -0.15) is 0 Å². The monoisotopic (exact) mass is 393 g/mol. The Labute approximate surface area is 170 Å². The number of ether oxygens (including phenoxy) is 2. The summed E-state index contributed by atoms with van der Waals surface area (Å²) in [4.78, 5) is 22.3. The van der Waals surface area contributed by atoms with Crippen LogP contribution in [0.5, 0.6) is 5.75 Å². The largest absolute Gasteiger partial charge is 0.491 e. The molecule has 1 fully saturated rings. The average molecular weight is 393 g/mol. The first kappa shape index (κ1) is 19.5. The van der Waals surface area contributed by atoms with Crippen molar-refractivity contribution in [2.75, 3.05) is 26.3 Å². The number of amides is 1. The molecule has 4 rings (SSSR count). The number of piperidine rings is 1. The number of benzene rings is 2. The molecule has 1 amide bonds. The Balaban J connectivity index is 1.14. The Morgan fingerprint density at radius 1 is 1.03 bits per heavy atom. The van der Waals surface area contributed by atoms with E-state index in [4.69, 9.17) is 9.47 Å². The molecule has 0 saturated carbocycles. The van der Waals surface area contributed by atoms with E-state index in [9.17, 15) is 4.79 Å². The van der Waals surface area contributed by atoms with Gasteiger partial charge in [-0.05, 0) is 37.1 Å². The number of aryl methyl sites for hydroxylation is 1. The van der Waals surface area contributed by atoms with Crippen LogP contribution < -0.4 is 4.74 Å². The first-order chi connectivity index (χ1) is 14.3. The van der Waals surface area contributed by atoms with Gasteiger partial charge in [0.05, 0.1) is 23.7 Å². The Hall–Kier alpha value is -2.86. The molecule has 152 valence electrons. The van der Waals surface area contributed by atoms with Crippen molar-refractivity contribution in [3.63, 3.8) is 0 Å². The average Bonchev–Trinajstić information content (AvgIpc) is 3.19. The van der Waals surface area contributed by atoms with E-state index < -0.39 is 0 Å². The molecule has 1 aliphatic rings. The minimum Gasteiger partial charge on any atom is -0.491 e. The maximum absolute atomic E-state index is 12.5. The van der Waals surface area contributed by atoms with Crippen LogP contribution in [0.15, 0.2) is 54.6 Å². The number of imidazole rings is 1. The van der Waals surface area contributed by atoms with E-state index in [2.05, 4.69) is 9.97 Å². The molecular formula is C23H27N3O3. The third kappa shape index (κ3) is 5.35. The van der Waals surface area contributed by atoms with Crippen LogP contribution in [0.25, 0.3) is 11.0 Å². The Morgan fingerprint density at radius 2 is 1.79 bits per heavy atom. The van der Waals surface area contributed by atoms with Crippen molar-refractivity contribution in [2.45, 2.75) is 31.8 Å². The van der Waals surface area contributed by atoms with E-state index in [0.717, 1.165) is 48.5 Å². The number of H-pyrrole nitrogens is 1. The van der Waals surface area contributed by atoms with E-state index in [-0.39, 0.29) is 12.0 Å². The number of aromatic amines is 1. The number of nitrogens with zero attached hydrogens (tertiary/aromatic N) is 2. The minimum atomic E-state index is 0.191. The lowest BCUT2D eigenvalue weighted by Crippen LogP contribution is -2.41. The fraction of sp³-hybridized carbons (Fsp3) is 0.391. The molecule has 2 heterocycles. The van der Waals surface area contributed by atoms with Gasteiger partial charge in [-0.25, -0.2) is 4.98 Å². The van der Waals surface area contributed by atoms with Crippen molar-refractivity contribution >= 4 is 16.9 Å². The quantitative estimate of drug-likeness (QED) is 0.594. The molecule has 2 aromatic carbocycles. The van der Waals surface area contributed by atoms with Gasteiger partial charge in [0.15, 0.2) is 0 Å². The SMILES string of the molecule is O=C(CCc1nc2ccccc2[nH]1)N1CCC(OCCOc2ccccc2)CC1. The topological polar surface area (TPSA) is 67.5 Å². The zero-order valence-corrected chi connectivity index (χ0v) is 16.5. The molecule has 1 aliphatic heterocycles. The summed E-state index contributed by atoms with van der Waals surface area (Å²) in [6.07, 6.45) is 3.08. The van der Waals surface area contributed by atoms with Crippen molar-refractivity contribution in [1.29, 1.82) is 0 Å². The molecule has 29 heavy (non-hydrogen) atoms. The van der Waals surface area contributed by atoms with Gasteiger partial charge in [-0.3, -0.25) is 4.79 Å². The second kappa shape index (κ2) is 9.56. The molecule has 0 spiro atoms. The zero-order valence-electron chi connectivity index (χ0n) is 16.5. The Morgan fingerprint density at radius 3 is 2.59 bits per heavy atom. The molecule has 1 aromatic heterocycles. The van der Waals surface area contributed by atoms with E-state index in [1.807, 2.05) is 59.5 Å². The number of hydrogen-bond donors (Lipinski definition) is 1. The highest BCUT2D eigenvalue weighted by molar-refractivity contribution is 5.77. The number of rotatable bonds is 8. The number of hydrogen-bond acceptors (Lipinski definition) is 4. The molecule has 6 nitrogen and oxygen atoms in total. The van der Waals surface area contributed by atoms with Gasteiger partial charge in [-0.1, -0.05) is 30.3 Å². The number of nitrogens with one attached hydrogen (secondary N) is 1. The lowest BCUT2D eigenvalue weighted by atomic mass is 10.1. The number of carbonyl (C=O) groups is 1. The van der Waals surface area contributed by atoms with Gasteiger partial charge >= 0.3 is 0 Å². The van der Waals surface area contributed by atoms with Crippen LogP contribution in [0.1, 0.15) is 25.1 Å². The smallest absolute Gasteiger partial charge is 0.223 e. The van der Waals surface area contributed by atoms with Crippen LogP contribution in [-0.2, 0) is 16.0 Å². The minimum absolute atomic E-state index is 0.191. The van der Waals surface area contributed by atoms with Crippen molar-refractivity contribution in [2.24, 2.45) is 0 Å². The van der Waals surface area contributed by atoms with E-state index >= 15 is 0 Å². The van der Waals surface area contributed by atoms with Gasteiger partial charge in [-0.15, -0.1) is 0 Å². The Bertz CT molecular complexity index is 884. The summed E-state index contributed by atoms with van der Waals surface area (Å²) < 4.78 is 11.6. The van der Waals surface area contributed by atoms with Crippen molar-refractivity contribution in [1.82, 2.24) is 14.9 Å². The molecular weight excluding hydrogens is 366 g/mol. The molecule has 0 bridgehead atoms. The number of likely N-dealkylation sites (tertiary alicyclic amines) is 1. The van der Waals surface area contributed by atoms with Crippen molar-refractivity contribution in [3.8, 4) is 5.75 Å². The highest BCUT2D eigenvalue weighted by Gasteiger charge is 2.23. The van der Waals surface area contributed by atoms with Crippen LogP contribution in [0.4, 0.5) is 0 Å². The van der Waals surface area contributed by atoms with Crippen LogP contribution in [0.3, 0.4) is 0 Å². The molecule has 1 saturated heterocycles. The van der Waals surface area contributed by atoms with Crippen LogP contribution in [-0.4, -0.2) is 53.2 Å². The van der Waals surface area contributed by atoms with Crippen LogP contribution >= 0.6 is 0 Å². The van der Waals surface area contributed by atoms with Crippen molar-refractivity contribution < 1.29 is 14.3 Å². The van der Waals surface area contributed by atoms with Crippen LogP contribution in [0, 0.1) is 0 Å². The molecule has 3 aromatic rings. The summed E-state index contributed by atoms with van der Waals surface area (Å²) in [7, 11) is 0. The summed E-state index contributed by atoms with van der Waals surface area (Å²) in [5.41, 5.74) is 1.97. The molecule has 0 atom stereocenters. The van der Waals surface area contributed by atoms with Gasteiger partial charge in [0.2, 0.25) is 5.91 Å². The number of fused-ring (bicyclic) bond motifs is 1. The van der Waals surface area contributed by atoms with Crippen LogP contribution in [0.2, 0.25) is 0 Å². The first-order valence-corrected chi connectivity index (χ1v) is 10.3. The summed E-state index contributed by atoms with van der Waals surface area (Å²) >= 11 is 0. The number of para-hydroxylation sites is 3. The summed E-state index contributed by atoms with van der Waals surface area (Å²) in [5.74, 6) is 1.92. The maximum atomic E-state index is 12.5. The molecule has 0 unspecified atom stereocenters. The lowest BCUT2D eigenvalue weighted by Gasteiger charge is -2.32. The molecule has 6 heteroatoms. The van der Waals surface area contributed by atoms with Gasteiger partial charge in [0.1, 0.15) is 18.2 Å². The number of aromatic nitrogens is 2. The maximum Gasteiger partial charge on any atom is 0.223 e. The summed E-state index contributed by atoms with van der Waals surface area (Å²) in [5, 5.41) is 0. The van der Waals surface area contributed by atoms with Gasteiger partial charge < -0.3 is 19.4 Å². The van der Waals surface area contributed by atoms with Gasteiger partial charge in [0.25, 0.3) is 0 Å². The fourth-order valence-corrected chi connectivity index (χ4v) is 3.67. The van der Waals surface area contributed by atoms with E-state index in [1.165, 1.54) is 0 Å². The third-order valence-corrected chi connectivity index (χ3v) is 5.26. The highest BCUT2D eigenvalue weighted by Crippen LogP contribution is 2.16. The normalized spacial score (nSPS) is 15.0. The summed E-state index contributed by atoms with van der Waals surface area (Å²) in [6, 6.07) is 17.7. The Kier molecular flexibility index (Phi) is 6.42. The van der Waals surface area contributed by atoms with Crippen molar-refractivity contribution in [3.05, 3.63) is 60.4 Å². The second-order valence-corrected chi connectivity index (χ2v) is 7.31. The fourth-order valence-electron chi connectivity index (χ4n) is 3.67. The van der Waals surface area contributed by atoms with E-state index in [0.29, 0.717) is 26.1 Å². The standard InChI is InChI=1S/C23H27N3O3/c27-23(11-10-22-24-20-8-4-5-9-21(20)25-22)26-14-12-19(13-15-26)29-17-16-28-18-6-2-1-3-7-18/h1-9,19H,10-17H2,(H,24,25). The van der Waals surface area contributed by atoms with Gasteiger partial charge in [0, 0.05) is 25.9 Å². The predicted octanol–water partition coefficient (Wildman–Crippen LogP) is 3.58. The number of carbonyl (C=O) groups excluding carboxylic acids is 1.